The van der Waals surface area contributed by atoms with E-state index in [1.54, 1.807) is 4.90 Å². The highest BCUT2D eigenvalue weighted by molar-refractivity contribution is 6.30. The summed E-state index contributed by atoms with van der Waals surface area (Å²) in [6.07, 6.45) is 3.98. The van der Waals surface area contributed by atoms with Gasteiger partial charge in [0.1, 0.15) is 28.4 Å². The van der Waals surface area contributed by atoms with E-state index < -0.39 is 23.6 Å². The van der Waals surface area contributed by atoms with Crippen molar-refractivity contribution in [1.29, 1.82) is 0 Å². The fourth-order valence-corrected chi connectivity index (χ4v) is 6.57. The average molecular weight is 605 g/mol. The van der Waals surface area contributed by atoms with Crippen molar-refractivity contribution in [3.8, 4) is 11.9 Å². The molecule has 228 valence electrons. The predicted octanol–water partition coefficient (Wildman–Crippen LogP) is 4.56. The van der Waals surface area contributed by atoms with Gasteiger partial charge in [-0.25, -0.2) is 9.18 Å². The number of anilines is 1. The summed E-state index contributed by atoms with van der Waals surface area (Å²) in [6.45, 7) is 12.7. The van der Waals surface area contributed by atoms with Gasteiger partial charge in [0.2, 0.25) is 5.88 Å². The summed E-state index contributed by atoms with van der Waals surface area (Å²) in [5, 5.41) is -0.0132. The first-order chi connectivity index (χ1) is 20.0. The molecule has 13 heteroatoms. The molecule has 0 aliphatic carbocycles. The second kappa shape index (κ2) is 11.3. The molecule has 3 saturated heterocycles. The van der Waals surface area contributed by atoms with Crippen LogP contribution in [0.5, 0.6) is 11.9 Å². The van der Waals surface area contributed by atoms with E-state index in [2.05, 4.69) is 14.9 Å². The number of carbonyl (C=O) groups excluding carboxylic acids is 1. The maximum absolute atomic E-state index is 15.5. The molecule has 2 aromatic heterocycles. The number of pyridine rings is 1. The zero-order chi connectivity index (χ0) is 29.8. The summed E-state index contributed by atoms with van der Waals surface area (Å²) in [5.74, 6) is -0.182. The highest BCUT2D eigenvalue weighted by Gasteiger charge is 2.43. The average Bonchev–Trinajstić information content (AvgIpc) is 3.32. The number of rotatable bonds is 4. The third-order valence-corrected chi connectivity index (χ3v) is 8.69. The highest BCUT2D eigenvalue weighted by atomic mass is 35.5. The van der Waals surface area contributed by atoms with E-state index >= 15 is 4.39 Å². The molecule has 0 N–H and O–H groups in total. The predicted molar refractivity (Wildman–Crippen MR) is 155 cm³/mol. The normalized spacial score (nSPS) is 27.0. The molecule has 42 heavy (non-hydrogen) atoms. The third kappa shape index (κ3) is 5.44. The lowest BCUT2D eigenvalue weighted by molar-refractivity contribution is -0.00567. The first-order valence-corrected chi connectivity index (χ1v) is 15.0. The molecule has 0 aromatic carbocycles. The number of hydrogen-bond donors (Lipinski definition) is 0. The van der Waals surface area contributed by atoms with Crippen LogP contribution in [0.15, 0.2) is 11.8 Å². The number of ether oxygens (including phenoxy) is 4. The van der Waals surface area contributed by atoms with Gasteiger partial charge in [-0.1, -0.05) is 17.7 Å². The van der Waals surface area contributed by atoms with Crippen molar-refractivity contribution < 1.29 is 28.1 Å². The Morgan fingerprint density at radius 2 is 2.05 bits per heavy atom. The fourth-order valence-electron chi connectivity index (χ4n) is 6.40. The smallest absolute Gasteiger partial charge is 0.414 e. The number of carbonyl (C=O) groups is 1. The van der Waals surface area contributed by atoms with Gasteiger partial charge in [-0.2, -0.15) is 15.0 Å². The molecule has 0 saturated carbocycles. The van der Waals surface area contributed by atoms with Crippen molar-refractivity contribution in [2.45, 2.75) is 83.7 Å². The van der Waals surface area contributed by atoms with Crippen LogP contribution in [-0.4, -0.2) is 100 Å². The Kier molecular flexibility index (Phi) is 7.82. The van der Waals surface area contributed by atoms with Crippen LogP contribution in [0.2, 0.25) is 5.15 Å². The van der Waals surface area contributed by atoms with Crippen LogP contribution in [0.25, 0.3) is 10.9 Å². The molecular weight excluding hydrogens is 567 g/mol. The molecule has 1 amide bonds. The second-order valence-electron chi connectivity index (χ2n) is 12.3. The quantitative estimate of drug-likeness (QED) is 0.462. The minimum absolute atomic E-state index is 0.0106. The Labute approximate surface area is 249 Å². The van der Waals surface area contributed by atoms with E-state index in [4.69, 9.17) is 35.5 Å². The minimum atomic E-state index is -0.760. The molecule has 4 aliphatic rings. The maximum atomic E-state index is 15.5. The lowest BCUT2D eigenvalue weighted by Gasteiger charge is -2.44. The van der Waals surface area contributed by atoms with Gasteiger partial charge in [-0.05, 0) is 53.9 Å². The Morgan fingerprint density at radius 3 is 2.81 bits per heavy atom. The van der Waals surface area contributed by atoms with Gasteiger partial charge in [-0.3, -0.25) is 9.80 Å². The number of hydrogen-bond acceptors (Lipinski definition) is 10. The topological polar surface area (TPSA) is 102 Å². The zero-order valence-corrected chi connectivity index (χ0v) is 25.5. The van der Waals surface area contributed by atoms with E-state index in [-0.39, 0.29) is 35.1 Å². The van der Waals surface area contributed by atoms with Crippen LogP contribution >= 0.6 is 11.6 Å². The van der Waals surface area contributed by atoms with Crippen LogP contribution in [0.3, 0.4) is 0 Å². The second-order valence-corrected chi connectivity index (χ2v) is 12.7. The number of fused-ring (bicyclic) bond motifs is 3. The van der Waals surface area contributed by atoms with Gasteiger partial charge in [0.25, 0.3) is 0 Å². The molecular formula is C29H38ClFN6O5. The molecule has 0 bridgehead atoms. The molecule has 0 spiro atoms. The number of halogens is 2. The number of piperazine rings is 1. The van der Waals surface area contributed by atoms with Crippen molar-refractivity contribution in [3.05, 3.63) is 22.7 Å². The molecule has 1 unspecified atom stereocenters. The number of nitrogens with zero attached hydrogens (tertiary/aromatic N) is 6. The molecule has 0 radical (unpaired) electrons. The zero-order valence-electron chi connectivity index (χ0n) is 24.7. The van der Waals surface area contributed by atoms with E-state index in [0.717, 1.165) is 44.7 Å². The lowest BCUT2D eigenvalue weighted by Crippen LogP contribution is -2.58. The number of allylic oxidation sites excluding steroid dienone is 1. The van der Waals surface area contributed by atoms with E-state index in [0.29, 0.717) is 36.4 Å². The summed E-state index contributed by atoms with van der Waals surface area (Å²) < 4.78 is 39.1. The van der Waals surface area contributed by atoms with Gasteiger partial charge in [0.05, 0.1) is 39.0 Å². The monoisotopic (exact) mass is 604 g/mol. The van der Waals surface area contributed by atoms with Crippen molar-refractivity contribution >= 4 is 34.4 Å². The Bertz CT molecular complexity index is 1400. The summed E-state index contributed by atoms with van der Waals surface area (Å²) in [5.41, 5.74) is 0.0666. The Balaban J connectivity index is 1.31. The number of amides is 1. The molecule has 2 aromatic rings. The van der Waals surface area contributed by atoms with Crippen molar-refractivity contribution in [1.82, 2.24) is 24.8 Å². The van der Waals surface area contributed by atoms with Crippen molar-refractivity contribution in [2.24, 2.45) is 0 Å². The first-order valence-electron chi connectivity index (χ1n) is 14.7. The van der Waals surface area contributed by atoms with Gasteiger partial charge < -0.3 is 23.8 Å². The number of morpholine rings is 1. The van der Waals surface area contributed by atoms with Crippen LogP contribution in [0, 0.1) is 5.82 Å². The first kappa shape index (κ1) is 29.1. The molecule has 6 heterocycles. The summed E-state index contributed by atoms with van der Waals surface area (Å²) >= 11 is 6.21. The van der Waals surface area contributed by atoms with Crippen LogP contribution in [0.4, 0.5) is 15.0 Å². The van der Waals surface area contributed by atoms with Gasteiger partial charge in [-0.15, -0.1) is 0 Å². The third-order valence-electron chi connectivity index (χ3n) is 8.44. The number of aromatic nitrogens is 3. The van der Waals surface area contributed by atoms with Crippen molar-refractivity contribution in [3.63, 3.8) is 0 Å². The Morgan fingerprint density at radius 1 is 1.24 bits per heavy atom. The molecule has 6 rings (SSSR count). The Hall–Kier alpha value is -2.96. The van der Waals surface area contributed by atoms with E-state index in [9.17, 15) is 4.79 Å². The van der Waals surface area contributed by atoms with Crippen LogP contribution < -0.4 is 14.4 Å². The van der Waals surface area contributed by atoms with E-state index in [1.807, 2.05) is 45.6 Å². The molecule has 11 nitrogen and oxygen atoms in total. The summed E-state index contributed by atoms with van der Waals surface area (Å²) in [4.78, 5) is 32.8. The standard InChI is InChI=1S/C29H38ClFN6O5/c1-6-17-13-37-20(14-36(17)28(38)42-29(3,4)5)16(2)41-26-21-23(22(31)24(30)33-26)32-27(34-25(21)37)40-11-9-18-7-8-19-15-39-12-10-35(18)19/h6,16,18-20H,7-15H2,1-5H3/b17-6-/t16-,18?,19-,20-/m0/s1. The van der Waals surface area contributed by atoms with Gasteiger partial charge >= 0.3 is 12.1 Å². The SMILES string of the molecule is C/C=C1/CN2c3nc(OCCC4CC[C@H]5COCCN45)nc4c(F)c(Cl)nc(c34)O[C@@H](C)[C@@H]2CN1C(=O)OC(C)(C)C. The van der Waals surface area contributed by atoms with Gasteiger partial charge in [0, 0.05) is 24.3 Å². The maximum Gasteiger partial charge on any atom is 0.414 e. The fraction of sp³-hybridized carbons (Fsp3) is 0.655. The van der Waals surface area contributed by atoms with Gasteiger partial charge in [0.15, 0.2) is 11.0 Å². The minimum Gasteiger partial charge on any atom is -0.472 e. The van der Waals surface area contributed by atoms with E-state index in [1.165, 1.54) is 0 Å². The lowest BCUT2D eigenvalue weighted by atomic mass is 10.0. The van der Waals surface area contributed by atoms with Crippen LogP contribution in [-0.2, 0) is 9.47 Å². The largest absolute Gasteiger partial charge is 0.472 e. The molecule has 3 fully saturated rings. The van der Waals surface area contributed by atoms with Crippen molar-refractivity contribution in [2.75, 3.05) is 44.4 Å². The summed E-state index contributed by atoms with van der Waals surface area (Å²) in [6, 6.07) is 0.584. The molecule has 4 atom stereocenters. The summed E-state index contributed by atoms with van der Waals surface area (Å²) in [7, 11) is 0. The van der Waals surface area contributed by atoms with Crippen LogP contribution in [0.1, 0.15) is 53.9 Å². The highest BCUT2D eigenvalue weighted by Crippen LogP contribution is 2.42. The molecule has 4 aliphatic heterocycles.